The summed E-state index contributed by atoms with van der Waals surface area (Å²) in [5.41, 5.74) is 1.31. The first-order valence-electron chi connectivity index (χ1n) is 8.03. The Morgan fingerprint density at radius 2 is 2.00 bits per heavy atom. The third-order valence-corrected chi connectivity index (χ3v) is 4.20. The number of rotatable bonds is 6. The SMILES string of the molecule is CCC1CN(Cc2ccccc2)CCC1OC(=O)CC(C)=O. The van der Waals surface area contributed by atoms with Crippen molar-refractivity contribution in [1.29, 1.82) is 0 Å². The first kappa shape index (κ1) is 16.7. The zero-order valence-corrected chi connectivity index (χ0v) is 13.5. The molecule has 0 radical (unpaired) electrons. The molecule has 2 unspecified atom stereocenters. The third kappa shape index (κ3) is 4.95. The van der Waals surface area contributed by atoms with Gasteiger partial charge in [0.15, 0.2) is 0 Å². The molecule has 0 aromatic heterocycles. The van der Waals surface area contributed by atoms with Crippen LogP contribution in [0.3, 0.4) is 0 Å². The average Bonchev–Trinajstić information content (AvgIpc) is 2.49. The largest absolute Gasteiger partial charge is 0.462 e. The molecule has 0 bridgehead atoms. The standard InChI is InChI=1S/C18H25NO3/c1-3-16-13-19(12-15-7-5-4-6-8-15)10-9-17(16)22-18(21)11-14(2)20/h4-8,16-17H,3,9-13H2,1-2H3. The van der Waals surface area contributed by atoms with E-state index in [1.165, 1.54) is 12.5 Å². The summed E-state index contributed by atoms with van der Waals surface area (Å²) in [5, 5.41) is 0. The van der Waals surface area contributed by atoms with Crippen molar-refractivity contribution in [3.8, 4) is 0 Å². The van der Waals surface area contributed by atoms with Crippen LogP contribution in [0.2, 0.25) is 0 Å². The molecule has 4 nitrogen and oxygen atoms in total. The summed E-state index contributed by atoms with van der Waals surface area (Å²) in [7, 11) is 0. The molecular weight excluding hydrogens is 278 g/mol. The van der Waals surface area contributed by atoms with Crippen LogP contribution < -0.4 is 0 Å². The first-order chi connectivity index (χ1) is 10.6. The molecule has 1 saturated heterocycles. The fourth-order valence-electron chi connectivity index (χ4n) is 3.03. The van der Waals surface area contributed by atoms with E-state index in [2.05, 4.69) is 36.1 Å². The Balaban J connectivity index is 1.88. The van der Waals surface area contributed by atoms with Crippen LogP contribution >= 0.6 is 0 Å². The molecule has 0 aliphatic carbocycles. The number of carbonyl (C=O) groups is 2. The van der Waals surface area contributed by atoms with Crippen molar-refractivity contribution in [3.05, 3.63) is 35.9 Å². The quantitative estimate of drug-likeness (QED) is 0.599. The lowest BCUT2D eigenvalue weighted by Gasteiger charge is -2.37. The summed E-state index contributed by atoms with van der Waals surface area (Å²) >= 11 is 0. The Hall–Kier alpha value is -1.68. The van der Waals surface area contributed by atoms with Crippen molar-refractivity contribution >= 4 is 11.8 Å². The smallest absolute Gasteiger partial charge is 0.313 e. The maximum Gasteiger partial charge on any atom is 0.313 e. The molecule has 2 rings (SSSR count). The highest BCUT2D eigenvalue weighted by Gasteiger charge is 2.30. The normalized spacial score (nSPS) is 22.3. The van der Waals surface area contributed by atoms with Crippen LogP contribution in [-0.4, -0.2) is 35.8 Å². The van der Waals surface area contributed by atoms with E-state index >= 15 is 0 Å². The number of esters is 1. The zero-order valence-electron chi connectivity index (χ0n) is 13.5. The maximum absolute atomic E-state index is 11.7. The molecule has 1 aliphatic heterocycles. The van der Waals surface area contributed by atoms with Crippen molar-refractivity contribution in [2.75, 3.05) is 13.1 Å². The number of likely N-dealkylation sites (tertiary alicyclic amines) is 1. The van der Waals surface area contributed by atoms with Crippen molar-refractivity contribution in [2.24, 2.45) is 5.92 Å². The van der Waals surface area contributed by atoms with E-state index in [0.29, 0.717) is 5.92 Å². The average molecular weight is 303 g/mol. The Labute approximate surface area is 132 Å². The van der Waals surface area contributed by atoms with Gasteiger partial charge in [-0.1, -0.05) is 37.3 Å². The van der Waals surface area contributed by atoms with Crippen molar-refractivity contribution < 1.29 is 14.3 Å². The highest BCUT2D eigenvalue weighted by atomic mass is 16.5. The zero-order chi connectivity index (χ0) is 15.9. The van der Waals surface area contributed by atoms with Gasteiger partial charge in [0, 0.05) is 25.6 Å². The highest BCUT2D eigenvalue weighted by Crippen LogP contribution is 2.24. The van der Waals surface area contributed by atoms with E-state index in [1.807, 2.05) is 6.07 Å². The van der Waals surface area contributed by atoms with Gasteiger partial charge in [0.05, 0.1) is 0 Å². The number of hydrogen-bond donors (Lipinski definition) is 0. The predicted molar refractivity (Wildman–Crippen MR) is 85.3 cm³/mol. The van der Waals surface area contributed by atoms with Crippen LogP contribution in [0.15, 0.2) is 30.3 Å². The molecule has 4 heteroatoms. The van der Waals surface area contributed by atoms with Gasteiger partial charge in [0.1, 0.15) is 18.3 Å². The monoisotopic (exact) mass is 303 g/mol. The fourth-order valence-corrected chi connectivity index (χ4v) is 3.03. The minimum Gasteiger partial charge on any atom is -0.462 e. The predicted octanol–water partition coefficient (Wildman–Crippen LogP) is 2.81. The molecule has 22 heavy (non-hydrogen) atoms. The van der Waals surface area contributed by atoms with E-state index < -0.39 is 0 Å². The summed E-state index contributed by atoms with van der Waals surface area (Å²) in [6, 6.07) is 10.4. The van der Waals surface area contributed by atoms with Crippen LogP contribution in [0.4, 0.5) is 0 Å². The van der Waals surface area contributed by atoms with E-state index in [-0.39, 0.29) is 24.3 Å². The van der Waals surface area contributed by atoms with E-state index in [0.717, 1.165) is 32.5 Å². The summed E-state index contributed by atoms with van der Waals surface area (Å²) in [6.45, 7) is 6.34. The number of ether oxygens (including phenoxy) is 1. The van der Waals surface area contributed by atoms with Gasteiger partial charge in [-0.25, -0.2) is 0 Å². The third-order valence-electron chi connectivity index (χ3n) is 4.20. The molecule has 0 amide bonds. The highest BCUT2D eigenvalue weighted by molar-refractivity contribution is 5.94. The molecule has 0 saturated carbocycles. The maximum atomic E-state index is 11.7. The van der Waals surface area contributed by atoms with Crippen LogP contribution in [0.5, 0.6) is 0 Å². The van der Waals surface area contributed by atoms with Crippen molar-refractivity contribution in [2.45, 2.75) is 45.8 Å². The van der Waals surface area contributed by atoms with Crippen LogP contribution in [0, 0.1) is 5.92 Å². The van der Waals surface area contributed by atoms with Gasteiger partial charge < -0.3 is 4.74 Å². The van der Waals surface area contributed by atoms with E-state index in [9.17, 15) is 9.59 Å². The molecule has 2 atom stereocenters. The second-order valence-electron chi connectivity index (χ2n) is 6.08. The van der Waals surface area contributed by atoms with Gasteiger partial charge in [0.2, 0.25) is 0 Å². The van der Waals surface area contributed by atoms with Crippen molar-refractivity contribution in [3.63, 3.8) is 0 Å². The van der Waals surface area contributed by atoms with Crippen LogP contribution in [-0.2, 0) is 20.9 Å². The van der Waals surface area contributed by atoms with Gasteiger partial charge in [-0.15, -0.1) is 0 Å². The lowest BCUT2D eigenvalue weighted by atomic mass is 9.92. The van der Waals surface area contributed by atoms with Crippen LogP contribution in [0.1, 0.15) is 38.7 Å². The van der Waals surface area contributed by atoms with Crippen molar-refractivity contribution in [1.82, 2.24) is 4.90 Å². The second-order valence-corrected chi connectivity index (χ2v) is 6.08. The molecule has 0 N–H and O–H groups in total. The topological polar surface area (TPSA) is 46.6 Å². The molecule has 1 fully saturated rings. The second kappa shape index (κ2) is 8.08. The number of ketones is 1. The number of hydrogen-bond acceptors (Lipinski definition) is 4. The first-order valence-corrected chi connectivity index (χ1v) is 8.03. The van der Waals surface area contributed by atoms with Gasteiger partial charge in [-0.05, 0) is 25.3 Å². The Morgan fingerprint density at radius 1 is 1.27 bits per heavy atom. The van der Waals surface area contributed by atoms with E-state index in [4.69, 9.17) is 4.74 Å². The summed E-state index contributed by atoms with van der Waals surface area (Å²) in [4.78, 5) is 25.1. The molecular formula is C18H25NO3. The summed E-state index contributed by atoms with van der Waals surface area (Å²) < 4.78 is 5.52. The minimum atomic E-state index is -0.382. The minimum absolute atomic E-state index is 0.0520. The van der Waals surface area contributed by atoms with Crippen LogP contribution in [0.25, 0.3) is 0 Å². The molecule has 1 heterocycles. The lowest BCUT2D eigenvalue weighted by Crippen LogP contribution is -2.44. The number of Topliss-reactive ketones (excluding diaryl/α,β-unsaturated/α-hetero) is 1. The summed E-state index contributed by atoms with van der Waals surface area (Å²) in [6.07, 6.45) is 1.66. The fraction of sp³-hybridized carbons (Fsp3) is 0.556. The molecule has 120 valence electrons. The van der Waals surface area contributed by atoms with Gasteiger partial charge in [-0.3, -0.25) is 14.5 Å². The lowest BCUT2D eigenvalue weighted by molar-refractivity contribution is -0.156. The molecule has 0 spiro atoms. The number of nitrogens with zero attached hydrogens (tertiary/aromatic N) is 1. The van der Waals surface area contributed by atoms with Gasteiger partial charge >= 0.3 is 5.97 Å². The Bertz CT molecular complexity index is 500. The molecule has 1 aliphatic rings. The Morgan fingerprint density at radius 3 is 2.64 bits per heavy atom. The number of piperidine rings is 1. The number of carbonyl (C=O) groups excluding carboxylic acids is 2. The summed E-state index contributed by atoms with van der Waals surface area (Å²) in [5.74, 6) is -0.180. The van der Waals surface area contributed by atoms with Gasteiger partial charge in [-0.2, -0.15) is 0 Å². The van der Waals surface area contributed by atoms with Gasteiger partial charge in [0.25, 0.3) is 0 Å². The Kier molecular flexibility index (Phi) is 6.13. The molecule has 1 aromatic rings. The van der Waals surface area contributed by atoms with E-state index in [1.54, 1.807) is 0 Å². The number of benzene rings is 1. The molecule has 1 aromatic carbocycles.